The number of aromatic nitrogens is 2. The van der Waals surface area contributed by atoms with E-state index < -0.39 is 8.07 Å². The molecule has 1 heterocycles. The molecule has 4 heteroatoms. The summed E-state index contributed by atoms with van der Waals surface area (Å²) < 4.78 is 7.56. The quantitative estimate of drug-likeness (QED) is 0.446. The van der Waals surface area contributed by atoms with Crippen LogP contribution < -0.4 is 0 Å². The average Bonchev–Trinajstić information content (AvgIpc) is 2.53. The monoisotopic (exact) mass is 236 g/mol. The molecule has 0 unspecified atom stereocenters. The average molecular weight is 236 g/mol. The number of nitrogens with zero attached hydrogens (tertiary/aromatic N) is 2. The highest BCUT2D eigenvalue weighted by Crippen LogP contribution is 2.09. The van der Waals surface area contributed by atoms with Gasteiger partial charge in [0.15, 0.2) is 0 Å². The van der Waals surface area contributed by atoms with Crippen LogP contribution in [0.2, 0.25) is 25.7 Å². The molecule has 1 rings (SSSR count). The Morgan fingerprint density at radius 3 is 2.75 bits per heavy atom. The van der Waals surface area contributed by atoms with Gasteiger partial charge in [-0.3, -0.25) is 4.57 Å². The SMILES string of the molecule is C#Cc1cnc(C)n1COCC[Si](C)(C)C. The molecule has 3 nitrogen and oxygen atoms in total. The summed E-state index contributed by atoms with van der Waals surface area (Å²) in [7, 11) is -1.00. The molecule has 0 bridgehead atoms. The fourth-order valence-corrected chi connectivity index (χ4v) is 2.04. The largest absolute Gasteiger partial charge is 0.361 e. The van der Waals surface area contributed by atoms with E-state index in [0.29, 0.717) is 6.73 Å². The molecule has 1 aromatic heterocycles. The molecule has 88 valence electrons. The summed E-state index contributed by atoms with van der Waals surface area (Å²) >= 11 is 0. The molecular formula is C12H20N2OSi. The summed E-state index contributed by atoms with van der Waals surface area (Å²) in [6, 6.07) is 1.17. The van der Waals surface area contributed by atoms with E-state index in [-0.39, 0.29) is 0 Å². The Hall–Kier alpha value is -1.05. The van der Waals surface area contributed by atoms with Crippen molar-refractivity contribution in [2.24, 2.45) is 0 Å². The zero-order chi connectivity index (χ0) is 12.2. The first-order valence-electron chi connectivity index (χ1n) is 5.50. The molecule has 0 aromatic carbocycles. The third kappa shape index (κ3) is 3.84. The molecule has 0 atom stereocenters. The molecule has 0 amide bonds. The molecule has 0 radical (unpaired) electrons. The second-order valence-corrected chi connectivity index (χ2v) is 10.7. The first-order chi connectivity index (χ1) is 7.44. The van der Waals surface area contributed by atoms with Gasteiger partial charge in [-0.2, -0.15) is 0 Å². The maximum absolute atomic E-state index is 5.64. The minimum absolute atomic E-state index is 0.510. The van der Waals surface area contributed by atoms with Crippen molar-refractivity contribution in [3.63, 3.8) is 0 Å². The van der Waals surface area contributed by atoms with Gasteiger partial charge in [-0.05, 0) is 13.0 Å². The van der Waals surface area contributed by atoms with Crippen LogP contribution in [0.1, 0.15) is 11.5 Å². The molecule has 0 fully saturated rings. The number of terminal acetylenes is 1. The Kier molecular flexibility index (Phi) is 4.33. The van der Waals surface area contributed by atoms with Crippen LogP contribution in [-0.2, 0) is 11.5 Å². The van der Waals surface area contributed by atoms with Crippen LogP contribution >= 0.6 is 0 Å². The van der Waals surface area contributed by atoms with Crippen molar-refractivity contribution in [1.82, 2.24) is 9.55 Å². The Morgan fingerprint density at radius 2 is 2.19 bits per heavy atom. The Bertz CT molecular complexity index is 385. The zero-order valence-electron chi connectivity index (χ0n) is 10.6. The molecular weight excluding hydrogens is 216 g/mol. The minimum atomic E-state index is -1.00. The summed E-state index contributed by atoms with van der Waals surface area (Å²) in [6.45, 7) is 10.3. The first-order valence-corrected chi connectivity index (χ1v) is 9.21. The van der Waals surface area contributed by atoms with E-state index in [0.717, 1.165) is 18.1 Å². The van der Waals surface area contributed by atoms with E-state index >= 15 is 0 Å². The van der Waals surface area contributed by atoms with Crippen molar-refractivity contribution in [2.75, 3.05) is 6.61 Å². The highest BCUT2D eigenvalue weighted by Gasteiger charge is 2.12. The fraction of sp³-hybridized carbons (Fsp3) is 0.583. The van der Waals surface area contributed by atoms with Crippen molar-refractivity contribution in [1.29, 1.82) is 0 Å². The van der Waals surface area contributed by atoms with Crippen molar-refractivity contribution in [3.8, 4) is 12.3 Å². The molecule has 0 aliphatic carbocycles. The van der Waals surface area contributed by atoms with Gasteiger partial charge in [-0.1, -0.05) is 25.6 Å². The van der Waals surface area contributed by atoms with Crippen LogP contribution in [0.3, 0.4) is 0 Å². The summed E-state index contributed by atoms with van der Waals surface area (Å²) in [4.78, 5) is 4.16. The highest BCUT2D eigenvalue weighted by molar-refractivity contribution is 6.76. The summed E-state index contributed by atoms with van der Waals surface area (Å²) in [5.41, 5.74) is 0.783. The third-order valence-corrected chi connectivity index (χ3v) is 4.12. The van der Waals surface area contributed by atoms with Gasteiger partial charge < -0.3 is 4.74 Å². The number of aryl methyl sites for hydroxylation is 1. The van der Waals surface area contributed by atoms with E-state index in [1.165, 1.54) is 6.04 Å². The van der Waals surface area contributed by atoms with Gasteiger partial charge >= 0.3 is 0 Å². The van der Waals surface area contributed by atoms with E-state index in [2.05, 4.69) is 30.5 Å². The van der Waals surface area contributed by atoms with Crippen molar-refractivity contribution in [2.45, 2.75) is 39.3 Å². The van der Waals surface area contributed by atoms with Crippen molar-refractivity contribution in [3.05, 3.63) is 17.7 Å². The Balaban J connectivity index is 2.44. The lowest BCUT2D eigenvalue weighted by Crippen LogP contribution is -2.22. The summed E-state index contributed by atoms with van der Waals surface area (Å²) in [5.74, 6) is 3.51. The lowest BCUT2D eigenvalue weighted by Gasteiger charge is -2.16. The molecule has 16 heavy (non-hydrogen) atoms. The molecule has 0 aliphatic rings. The fourth-order valence-electron chi connectivity index (χ4n) is 1.28. The second kappa shape index (κ2) is 5.33. The minimum Gasteiger partial charge on any atom is -0.361 e. The lowest BCUT2D eigenvalue weighted by molar-refractivity contribution is 0.0852. The standard InChI is InChI=1S/C12H20N2OSi/c1-6-12-9-13-11(2)14(12)10-15-7-8-16(3,4)5/h1,9H,7-8,10H2,2-5H3. The molecule has 0 aliphatic heterocycles. The van der Waals surface area contributed by atoms with Crippen LogP contribution in [0.15, 0.2) is 6.20 Å². The maximum Gasteiger partial charge on any atom is 0.125 e. The van der Waals surface area contributed by atoms with Gasteiger partial charge in [-0.15, -0.1) is 6.42 Å². The van der Waals surface area contributed by atoms with Crippen LogP contribution in [0.5, 0.6) is 0 Å². The van der Waals surface area contributed by atoms with Gasteiger partial charge in [0.25, 0.3) is 0 Å². The number of hydrogen-bond acceptors (Lipinski definition) is 2. The van der Waals surface area contributed by atoms with Gasteiger partial charge in [0, 0.05) is 14.7 Å². The van der Waals surface area contributed by atoms with Gasteiger partial charge in [0.1, 0.15) is 18.2 Å². The third-order valence-electron chi connectivity index (χ3n) is 2.42. The van der Waals surface area contributed by atoms with Crippen molar-refractivity contribution < 1.29 is 4.74 Å². The summed E-state index contributed by atoms with van der Waals surface area (Å²) in [5, 5.41) is 0. The van der Waals surface area contributed by atoms with Gasteiger partial charge in [-0.25, -0.2) is 4.98 Å². The van der Waals surface area contributed by atoms with E-state index in [1.54, 1.807) is 6.20 Å². The van der Waals surface area contributed by atoms with Crippen molar-refractivity contribution >= 4 is 8.07 Å². The van der Waals surface area contributed by atoms with Crippen LogP contribution in [0.4, 0.5) is 0 Å². The van der Waals surface area contributed by atoms with Crippen LogP contribution in [0, 0.1) is 19.3 Å². The van der Waals surface area contributed by atoms with Gasteiger partial charge in [0.05, 0.1) is 6.20 Å². The predicted octanol–water partition coefficient (Wildman–Crippen LogP) is 2.49. The number of rotatable bonds is 5. The molecule has 0 N–H and O–H groups in total. The number of ether oxygens (including phenoxy) is 1. The molecule has 1 aromatic rings. The topological polar surface area (TPSA) is 27.1 Å². The molecule has 0 saturated heterocycles. The Morgan fingerprint density at radius 1 is 1.50 bits per heavy atom. The maximum atomic E-state index is 5.64. The van der Waals surface area contributed by atoms with E-state index in [4.69, 9.17) is 11.2 Å². The lowest BCUT2D eigenvalue weighted by atomic mass is 10.5. The normalized spacial score (nSPS) is 11.4. The highest BCUT2D eigenvalue weighted by atomic mass is 28.3. The molecule has 0 saturated carbocycles. The second-order valence-electron chi connectivity index (χ2n) is 5.11. The Labute approximate surface area is 98.8 Å². The smallest absolute Gasteiger partial charge is 0.125 e. The van der Waals surface area contributed by atoms with E-state index in [1.807, 2.05) is 11.5 Å². The van der Waals surface area contributed by atoms with Crippen LogP contribution in [-0.4, -0.2) is 24.2 Å². The first kappa shape index (κ1) is 13.0. The van der Waals surface area contributed by atoms with Gasteiger partial charge in [0.2, 0.25) is 0 Å². The predicted molar refractivity (Wildman–Crippen MR) is 69.0 cm³/mol. The van der Waals surface area contributed by atoms with E-state index in [9.17, 15) is 0 Å². The van der Waals surface area contributed by atoms with Crippen LogP contribution in [0.25, 0.3) is 0 Å². The number of imidazole rings is 1. The zero-order valence-corrected chi connectivity index (χ0v) is 11.6. The molecule has 0 spiro atoms. The summed E-state index contributed by atoms with van der Waals surface area (Å²) in [6.07, 6.45) is 7.08. The number of hydrogen-bond donors (Lipinski definition) is 0.